The van der Waals surface area contributed by atoms with Gasteiger partial charge in [0.05, 0.1) is 11.6 Å². The molecular formula is C9H6BrF2N. The quantitative estimate of drug-likeness (QED) is 0.786. The number of alkyl halides is 2. The van der Waals surface area contributed by atoms with Crippen molar-refractivity contribution >= 4 is 15.9 Å². The Kier molecular flexibility index (Phi) is 3.38. The first kappa shape index (κ1) is 10.1. The van der Waals surface area contributed by atoms with Crippen LogP contribution in [0, 0.1) is 11.3 Å². The molecule has 1 aromatic carbocycles. The highest BCUT2D eigenvalue weighted by molar-refractivity contribution is 9.10. The molecule has 0 aliphatic carbocycles. The van der Waals surface area contributed by atoms with E-state index in [1.165, 1.54) is 6.07 Å². The topological polar surface area (TPSA) is 23.8 Å². The van der Waals surface area contributed by atoms with E-state index in [1.807, 2.05) is 6.07 Å². The van der Waals surface area contributed by atoms with Crippen LogP contribution in [0.2, 0.25) is 0 Å². The van der Waals surface area contributed by atoms with Crippen molar-refractivity contribution in [3.05, 3.63) is 33.8 Å². The van der Waals surface area contributed by atoms with Gasteiger partial charge in [-0.1, -0.05) is 15.9 Å². The summed E-state index contributed by atoms with van der Waals surface area (Å²) < 4.78 is 24.8. The van der Waals surface area contributed by atoms with Gasteiger partial charge in [-0.15, -0.1) is 0 Å². The van der Waals surface area contributed by atoms with E-state index in [9.17, 15) is 8.78 Å². The van der Waals surface area contributed by atoms with Crippen LogP contribution >= 0.6 is 15.9 Å². The first-order valence-electron chi connectivity index (χ1n) is 3.60. The minimum Gasteiger partial charge on any atom is -0.210 e. The lowest BCUT2D eigenvalue weighted by Crippen LogP contribution is -1.99. The molecule has 0 unspecified atom stereocenters. The summed E-state index contributed by atoms with van der Waals surface area (Å²) in [5.74, 6) is 0. The third kappa shape index (κ3) is 2.78. The smallest absolute Gasteiger partial charge is 0.210 e. The molecule has 13 heavy (non-hydrogen) atoms. The van der Waals surface area contributed by atoms with Crippen molar-refractivity contribution in [3.8, 4) is 6.07 Å². The van der Waals surface area contributed by atoms with Crippen LogP contribution in [0.15, 0.2) is 22.7 Å². The van der Waals surface area contributed by atoms with Crippen LogP contribution in [0.3, 0.4) is 0 Å². The van der Waals surface area contributed by atoms with Crippen LogP contribution in [0.5, 0.6) is 0 Å². The van der Waals surface area contributed by atoms with Crippen molar-refractivity contribution in [3.63, 3.8) is 0 Å². The Hall–Kier alpha value is -0.950. The minimum absolute atomic E-state index is 0.309. The van der Waals surface area contributed by atoms with E-state index in [2.05, 4.69) is 15.9 Å². The molecule has 0 saturated heterocycles. The molecule has 0 spiro atoms. The third-order valence-electron chi connectivity index (χ3n) is 1.56. The van der Waals surface area contributed by atoms with Crippen molar-refractivity contribution < 1.29 is 8.78 Å². The zero-order chi connectivity index (χ0) is 9.84. The van der Waals surface area contributed by atoms with E-state index in [4.69, 9.17) is 5.26 Å². The fraction of sp³-hybridized carbons (Fsp3) is 0.222. The summed E-state index contributed by atoms with van der Waals surface area (Å²) in [5.41, 5.74) is 0.690. The van der Waals surface area contributed by atoms with Crippen molar-refractivity contribution in [2.75, 3.05) is 0 Å². The predicted octanol–water partition coefficient (Wildman–Crippen LogP) is 3.13. The lowest BCUT2D eigenvalue weighted by molar-refractivity contribution is 0.149. The highest BCUT2D eigenvalue weighted by Gasteiger charge is 2.09. The van der Waals surface area contributed by atoms with Crippen LogP contribution in [-0.4, -0.2) is 6.43 Å². The highest BCUT2D eigenvalue weighted by atomic mass is 79.9. The van der Waals surface area contributed by atoms with Gasteiger partial charge in [0.15, 0.2) is 0 Å². The van der Waals surface area contributed by atoms with Gasteiger partial charge in [-0.05, 0) is 23.8 Å². The van der Waals surface area contributed by atoms with Gasteiger partial charge in [0.25, 0.3) is 0 Å². The van der Waals surface area contributed by atoms with E-state index < -0.39 is 6.43 Å². The molecule has 0 N–H and O–H groups in total. The Balaban J connectivity index is 3.03. The highest BCUT2D eigenvalue weighted by Crippen LogP contribution is 2.18. The maximum absolute atomic E-state index is 12.0. The molecule has 0 saturated carbocycles. The Morgan fingerprint density at radius 3 is 2.69 bits per heavy atom. The Labute approximate surface area is 83.1 Å². The molecule has 68 valence electrons. The molecule has 0 amide bonds. The maximum atomic E-state index is 12.0. The molecule has 1 rings (SSSR count). The first-order valence-corrected chi connectivity index (χ1v) is 4.39. The lowest BCUT2D eigenvalue weighted by Gasteiger charge is -2.03. The second kappa shape index (κ2) is 4.33. The second-order valence-electron chi connectivity index (χ2n) is 2.51. The van der Waals surface area contributed by atoms with Gasteiger partial charge in [0, 0.05) is 10.9 Å². The Morgan fingerprint density at radius 2 is 2.15 bits per heavy atom. The normalized spacial score (nSPS) is 10.1. The minimum atomic E-state index is -2.42. The van der Waals surface area contributed by atoms with E-state index in [0.717, 1.165) is 0 Å². The predicted molar refractivity (Wildman–Crippen MR) is 48.6 cm³/mol. The summed E-state index contributed by atoms with van der Waals surface area (Å²) in [6.45, 7) is 0. The monoisotopic (exact) mass is 245 g/mol. The summed E-state index contributed by atoms with van der Waals surface area (Å²) in [6, 6.07) is 6.61. The molecule has 0 atom stereocenters. The molecule has 0 fully saturated rings. The number of hydrogen-bond donors (Lipinski definition) is 0. The van der Waals surface area contributed by atoms with Gasteiger partial charge in [-0.3, -0.25) is 0 Å². The number of nitriles is 1. The average molecular weight is 246 g/mol. The maximum Gasteiger partial charge on any atom is 0.242 e. The van der Waals surface area contributed by atoms with Crippen LogP contribution in [0.4, 0.5) is 8.78 Å². The molecular weight excluding hydrogens is 240 g/mol. The van der Waals surface area contributed by atoms with Gasteiger partial charge in [0.1, 0.15) is 0 Å². The molecule has 1 nitrogen and oxygen atoms in total. The van der Waals surface area contributed by atoms with Gasteiger partial charge < -0.3 is 0 Å². The first-order chi connectivity index (χ1) is 6.13. The number of nitrogens with zero attached hydrogens (tertiary/aromatic N) is 1. The average Bonchev–Trinajstić information content (AvgIpc) is 2.03. The van der Waals surface area contributed by atoms with Crippen LogP contribution in [-0.2, 0) is 6.42 Å². The summed E-state index contributed by atoms with van der Waals surface area (Å²) >= 11 is 3.16. The zero-order valence-electron chi connectivity index (χ0n) is 6.60. The summed E-state index contributed by atoms with van der Waals surface area (Å²) in [5, 5.41) is 8.61. The largest absolute Gasteiger partial charge is 0.242 e. The molecule has 1 aromatic rings. The van der Waals surface area contributed by atoms with Crippen molar-refractivity contribution in [1.29, 1.82) is 5.26 Å². The number of hydrogen-bond acceptors (Lipinski definition) is 1. The molecule has 0 heterocycles. The number of benzene rings is 1. The van der Waals surface area contributed by atoms with E-state index in [0.29, 0.717) is 15.6 Å². The van der Waals surface area contributed by atoms with Crippen molar-refractivity contribution in [2.45, 2.75) is 12.8 Å². The fourth-order valence-corrected chi connectivity index (χ4v) is 1.41. The lowest BCUT2D eigenvalue weighted by atomic mass is 10.1. The summed E-state index contributed by atoms with van der Waals surface area (Å²) in [4.78, 5) is 0. The number of rotatable bonds is 2. The molecule has 0 bridgehead atoms. The van der Waals surface area contributed by atoms with E-state index in [-0.39, 0.29) is 6.42 Å². The molecule has 0 radical (unpaired) electrons. The van der Waals surface area contributed by atoms with Crippen molar-refractivity contribution in [2.24, 2.45) is 0 Å². The molecule has 0 aromatic heterocycles. The van der Waals surface area contributed by atoms with Gasteiger partial charge in [-0.25, -0.2) is 8.78 Å². The molecule has 0 aliphatic heterocycles. The van der Waals surface area contributed by atoms with Gasteiger partial charge in [-0.2, -0.15) is 5.26 Å². The van der Waals surface area contributed by atoms with E-state index in [1.54, 1.807) is 12.1 Å². The standard InChI is InChI=1S/C9H6BrF2N/c10-8-2-1-6(5-13)7(3-8)4-9(11)12/h1-3,9H,4H2. The van der Waals surface area contributed by atoms with Crippen LogP contribution < -0.4 is 0 Å². The number of halogens is 3. The van der Waals surface area contributed by atoms with Crippen molar-refractivity contribution in [1.82, 2.24) is 0 Å². The Morgan fingerprint density at radius 1 is 1.46 bits per heavy atom. The van der Waals surface area contributed by atoms with E-state index >= 15 is 0 Å². The third-order valence-corrected chi connectivity index (χ3v) is 2.06. The molecule has 4 heteroatoms. The Bertz CT molecular complexity index is 344. The van der Waals surface area contributed by atoms with Gasteiger partial charge >= 0.3 is 0 Å². The van der Waals surface area contributed by atoms with Crippen LogP contribution in [0.1, 0.15) is 11.1 Å². The summed E-state index contributed by atoms with van der Waals surface area (Å²) in [7, 11) is 0. The zero-order valence-corrected chi connectivity index (χ0v) is 8.18. The van der Waals surface area contributed by atoms with Crippen LogP contribution in [0.25, 0.3) is 0 Å². The fourth-order valence-electron chi connectivity index (χ4n) is 1.01. The molecule has 0 aliphatic rings. The second-order valence-corrected chi connectivity index (χ2v) is 3.42. The summed E-state index contributed by atoms with van der Waals surface area (Å²) in [6.07, 6.45) is -2.79. The van der Waals surface area contributed by atoms with Gasteiger partial charge in [0.2, 0.25) is 6.43 Å². The SMILES string of the molecule is N#Cc1ccc(Br)cc1CC(F)F.